The Balaban J connectivity index is 1.69. The van der Waals surface area contributed by atoms with Crippen molar-refractivity contribution in [3.63, 3.8) is 0 Å². The molecule has 2 aliphatic rings. The maximum absolute atomic E-state index is 12.2. The van der Waals surface area contributed by atoms with Gasteiger partial charge in [-0.05, 0) is 24.3 Å². The number of esters is 1. The Hall–Kier alpha value is -1.35. The van der Waals surface area contributed by atoms with E-state index in [1.165, 1.54) is 5.56 Å². The average molecular weight is 259 g/mol. The van der Waals surface area contributed by atoms with Gasteiger partial charge < -0.3 is 4.74 Å². The van der Waals surface area contributed by atoms with E-state index in [-0.39, 0.29) is 16.8 Å². The molecule has 0 aromatic heterocycles. The largest absolute Gasteiger partial charge is 0.466 e. The Morgan fingerprint density at radius 3 is 2.74 bits per heavy atom. The molecule has 2 atom stereocenters. The third kappa shape index (κ3) is 1.96. The van der Waals surface area contributed by atoms with E-state index in [1.54, 1.807) is 0 Å². The maximum Gasteiger partial charge on any atom is 0.314 e. The zero-order valence-corrected chi connectivity index (χ0v) is 11.7. The summed E-state index contributed by atoms with van der Waals surface area (Å²) in [6.45, 7) is 7.35. The first-order valence-corrected chi connectivity index (χ1v) is 7.03. The highest BCUT2D eigenvalue weighted by Crippen LogP contribution is 2.68. The van der Waals surface area contributed by atoms with Crippen LogP contribution < -0.4 is 0 Å². The lowest BCUT2D eigenvalue weighted by atomic mass is 9.99. The van der Waals surface area contributed by atoms with E-state index in [2.05, 4.69) is 36.1 Å². The molecule has 0 bridgehead atoms. The molecule has 1 heterocycles. The van der Waals surface area contributed by atoms with E-state index in [9.17, 15) is 4.79 Å². The first-order chi connectivity index (χ1) is 9.10. The summed E-state index contributed by atoms with van der Waals surface area (Å²) >= 11 is 0. The van der Waals surface area contributed by atoms with Crippen LogP contribution in [0.4, 0.5) is 0 Å². The van der Waals surface area contributed by atoms with Crippen LogP contribution in [0, 0.1) is 10.8 Å². The number of hydrogen-bond donors (Lipinski definition) is 0. The van der Waals surface area contributed by atoms with E-state index < -0.39 is 0 Å². The van der Waals surface area contributed by atoms with Gasteiger partial charge in [0.25, 0.3) is 0 Å². The van der Waals surface area contributed by atoms with Gasteiger partial charge in [-0.15, -0.1) is 0 Å². The fraction of sp³-hybridized carbons (Fsp3) is 0.562. The van der Waals surface area contributed by atoms with Crippen molar-refractivity contribution < 1.29 is 9.53 Å². The molecule has 1 saturated heterocycles. The Labute approximate surface area is 114 Å². The van der Waals surface area contributed by atoms with Gasteiger partial charge in [0, 0.05) is 19.6 Å². The van der Waals surface area contributed by atoms with Crippen molar-refractivity contribution in [3.05, 3.63) is 35.9 Å². The molecule has 0 N–H and O–H groups in total. The molecule has 1 saturated carbocycles. The number of carbonyl (C=O) groups excluding carboxylic acids is 1. The third-order valence-electron chi connectivity index (χ3n) is 4.70. The molecule has 2 unspecified atom stereocenters. The van der Waals surface area contributed by atoms with Gasteiger partial charge in [0.05, 0.1) is 12.0 Å². The van der Waals surface area contributed by atoms with Crippen molar-refractivity contribution in [2.24, 2.45) is 10.8 Å². The standard InChI is InChI=1S/C16H21NO2/c1-3-19-14(18)16-10-15(16,2)11-17(12-16)9-13-7-5-4-6-8-13/h4-8H,3,9-12H2,1-2H3. The van der Waals surface area contributed by atoms with E-state index in [0.717, 1.165) is 26.1 Å². The lowest BCUT2D eigenvalue weighted by Gasteiger charge is -2.20. The minimum atomic E-state index is -0.224. The van der Waals surface area contributed by atoms with Crippen molar-refractivity contribution in [3.8, 4) is 0 Å². The molecule has 1 aliphatic heterocycles. The second-order valence-electron chi connectivity index (χ2n) is 6.17. The number of likely N-dealkylation sites (tertiary alicyclic amines) is 1. The molecule has 102 valence electrons. The van der Waals surface area contributed by atoms with Crippen molar-refractivity contribution in [2.45, 2.75) is 26.8 Å². The van der Waals surface area contributed by atoms with E-state index in [4.69, 9.17) is 4.74 Å². The number of ether oxygens (including phenoxy) is 1. The molecular weight excluding hydrogens is 238 g/mol. The van der Waals surface area contributed by atoms with Crippen LogP contribution in [0.15, 0.2) is 30.3 Å². The maximum atomic E-state index is 12.2. The Morgan fingerprint density at radius 1 is 1.32 bits per heavy atom. The number of fused-ring (bicyclic) bond motifs is 1. The number of piperidine rings is 1. The van der Waals surface area contributed by atoms with E-state index >= 15 is 0 Å². The van der Waals surface area contributed by atoms with Gasteiger partial charge in [0.15, 0.2) is 0 Å². The average Bonchev–Trinajstić information content (AvgIpc) is 2.86. The number of benzene rings is 1. The SMILES string of the molecule is CCOC(=O)C12CN(Cc3ccccc3)CC1(C)C2. The molecule has 0 radical (unpaired) electrons. The molecule has 3 heteroatoms. The first kappa shape index (κ1) is 12.7. The van der Waals surface area contributed by atoms with Gasteiger partial charge in [0.1, 0.15) is 0 Å². The summed E-state index contributed by atoms with van der Waals surface area (Å²) in [4.78, 5) is 14.5. The molecular formula is C16H21NO2. The number of carbonyl (C=O) groups is 1. The van der Waals surface area contributed by atoms with Gasteiger partial charge in [-0.1, -0.05) is 37.3 Å². The van der Waals surface area contributed by atoms with Crippen LogP contribution in [0.1, 0.15) is 25.8 Å². The van der Waals surface area contributed by atoms with Crippen molar-refractivity contribution in [1.29, 1.82) is 0 Å². The van der Waals surface area contributed by atoms with Crippen LogP contribution in [0.25, 0.3) is 0 Å². The number of hydrogen-bond acceptors (Lipinski definition) is 3. The predicted octanol–water partition coefficient (Wildman–Crippen LogP) is 2.46. The summed E-state index contributed by atoms with van der Waals surface area (Å²) in [5.74, 6) is 0.00746. The van der Waals surface area contributed by atoms with E-state index in [0.29, 0.717) is 6.61 Å². The number of rotatable bonds is 4. The van der Waals surface area contributed by atoms with Crippen LogP contribution in [-0.2, 0) is 16.1 Å². The molecule has 3 nitrogen and oxygen atoms in total. The minimum absolute atomic E-state index is 0.00746. The second kappa shape index (κ2) is 4.34. The van der Waals surface area contributed by atoms with Gasteiger partial charge in [-0.25, -0.2) is 0 Å². The molecule has 0 amide bonds. The molecule has 0 spiro atoms. The number of nitrogens with zero attached hydrogens (tertiary/aromatic N) is 1. The molecule has 1 aliphatic carbocycles. The fourth-order valence-corrected chi connectivity index (χ4v) is 3.61. The third-order valence-corrected chi connectivity index (χ3v) is 4.70. The lowest BCUT2D eigenvalue weighted by molar-refractivity contribution is -0.150. The van der Waals surface area contributed by atoms with Crippen LogP contribution in [-0.4, -0.2) is 30.6 Å². The van der Waals surface area contributed by atoms with Crippen LogP contribution in [0.5, 0.6) is 0 Å². The quantitative estimate of drug-likeness (QED) is 0.778. The zero-order chi connectivity index (χ0) is 13.5. The predicted molar refractivity (Wildman–Crippen MR) is 73.5 cm³/mol. The Bertz CT molecular complexity index is 487. The van der Waals surface area contributed by atoms with Crippen LogP contribution in [0.3, 0.4) is 0 Å². The molecule has 2 fully saturated rings. The zero-order valence-electron chi connectivity index (χ0n) is 11.7. The molecule has 1 aromatic rings. The molecule has 1 aromatic carbocycles. The highest BCUT2D eigenvalue weighted by atomic mass is 16.5. The topological polar surface area (TPSA) is 29.5 Å². The first-order valence-electron chi connectivity index (χ1n) is 7.03. The molecule has 19 heavy (non-hydrogen) atoms. The summed E-state index contributed by atoms with van der Waals surface area (Å²) in [7, 11) is 0. The Morgan fingerprint density at radius 2 is 2.05 bits per heavy atom. The fourth-order valence-electron chi connectivity index (χ4n) is 3.61. The van der Waals surface area contributed by atoms with Gasteiger partial charge in [-0.2, -0.15) is 0 Å². The summed E-state index contributed by atoms with van der Waals surface area (Å²) in [5.41, 5.74) is 1.22. The second-order valence-corrected chi connectivity index (χ2v) is 6.17. The summed E-state index contributed by atoms with van der Waals surface area (Å²) in [5, 5.41) is 0. The van der Waals surface area contributed by atoms with Gasteiger partial charge in [-0.3, -0.25) is 9.69 Å². The highest BCUT2D eigenvalue weighted by Gasteiger charge is 2.74. The summed E-state index contributed by atoms with van der Waals surface area (Å²) < 4.78 is 5.27. The van der Waals surface area contributed by atoms with Crippen LogP contribution >= 0.6 is 0 Å². The molecule has 3 rings (SSSR count). The monoisotopic (exact) mass is 259 g/mol. The van der Waals surface area contributed by atoms with Crippen molar-refractivity contribution >= 4 is 5.97 Å². The minimum Gasteiger partial charge on any atom is -0.466 e. The van der Waals surface area contributed by atoms with Gasteiger partial charge >= 0.3 is 5.97 Å². The summed E-state index contributed by atoms with van der Waals surface area (Å²) in [6, 6.07) is 10.4. The Kier molecular flexibility index (Phi) is 2.90. The normalized spacial score (nSPS) is 32.9. The highest BCUT2D eigenvalue weighted by molar-refractivity contribution is 5.83. The smallest absolute Gasteiger partial charge is 0.314 e. The van der Waals surface area contributed by atoms with Gasteiger partial charge in [0.2, 0.25) is 0 Å². The van der Waals surface area contributed by atoms with Crippen molar-refractivity contribution in [1.82, 2.24) is 4.90 Å². The van der Waals surface area contributed by atoms with Crippen LogP contribution in [0.2, 0.25) is 0 Å². The van der Waals surface area contributed by atoms with Crippen molar-refractivity contribution in [2.75, 3.05) is 19.7 Å². The summed E-state index contributed by atoms with van der Waals surface area (Å²) in [6.07, 6.45) is 0.990. The lowest BCUT2D eigenvalue weighted by Crippen LogP contribution is -2.29. The van der Waals surface area contributed by atoms with E-state index in [1.807, 2.05) is 13.0 Å².